The zero-order valence-corrected chi connectivity index (χ0v) is 15.4. The molecule has 3 amide bonds. The number of hydrazine groups is 1. The van der Waals surface area contributed by atoms with Crippen LogP contribution in [-0.2, 0) is 0 Å². The number of aromatic amines is 1. The van der Waals surface area contributed by atoms with E-state index in [0.717, 1.165) is 4.47 Å². The number of aromatic nitrogens is 2. The Morgan fingerprint density at radius 2 is 1.67 bits per heavy atom. The minimum atomic E-state index is -0.489. The maximum atomic E-state index is 12.1. The van der Waals surface area contributed by atoms with Gasteiger partial charge in [-0.05, 0) is 58.4 Å². The van der Waals surface area contributed by atoms with Crippen LogP contribution in [0.15, 0.2) is 65.4 Å². The second kappa shape index (κ2) is 8.28. The third kappa shape index (κ3) is 4.79. The number of nitrogens with one attached hydrogen (secondary N) is 4. The van der Waals surface area contributed by atoms with Gasteiger partial charge in [0.2, 0.25) is 0 Å². The molecule has 0 unspecified atom stereocenters. The Hall–Kier alpha value is -3.46. The topological polar surface area (TPSA) is 116 Å². The number of halogens is 1. The lowest BCUT2D eigenvalue weighted by Gasteiger charge is -2.08. The van der Waals surface area contributed by atoms with E-state index in [9.17, 15) is 14.4 Å². The molecule has 0 saturated heterocycles. The quantitative estimate of drug-likeness (QED) is 0.478. The number of H-pyrrole nitrogens is 1. The maximum Gasteiger partial charge on any atom is 0.286 e. The Balaban J connectivity index is 1.55. The van der Waals surface area contributed by atoms with Crippen molar-refractivity contribution in [3.05, 3.63) is 82.3 Å². The zero-order chi connectivity index (χ0) is 19.2. The number of pyridine rings is 1. The van der Waals surface area contributed by atoms with Crippen LogP contribution in [0.25, 0.3) is 0 Å². The summed E-state index contributed by atoms with van der Waals surface area (Å²) in [5.74, 6) is -1.32. The summed E-state index contributed by atoms with van der Waals surface area (Å²) < 4.78 is 0.724. The van der Waals surface area contributed by atoms with Crippen molar-refractivity contribution in [2.24, 2.45) is 0 Å². The fourth-order valence-electron chi connectivity index (χ4n) is 2.15. The molecule has 8 nitrogen and oxygen atoms in total. The third-order valence-electron chi connectivity index (χ3n) is 3.48. The molecule has 27 heavy (non-hydrogen) atoms. The van der Waals surface area contributed by atoms with Crippen LogP contribution < -0.4 is 16.2 Å². The van der Waals surface area contributed by atoms with Crippen LogP contribution in [-0.4, -0.2) is 27.7 Å². The number of rotatable bonds is 4. The van der Waals surface area contributed by atoms with Crippen LogP contribution in [0, 0.1) is 0 Å². The number of anilines is 1. The normalized spacial score (nSPS) is 10.1. The molecule has 0 radical (unpaired) electrons. The molecule has 1 aromatic carbocycles. The predicted octanol–water partition coefficient (Wildman–Crippen LogP) is 2.50. The average Bonchev–Trinajstić information content (AvgIpc) is 3.13. The van der Waals surface area contributed by atoms with Gasteiger partial charge in [-0.2, -0.15) is 0 Å². The van der Waals surface area contributed by atoms with Gasteiger partial charge in [0.1, 0.15) is 11.4 Å². The van der Waals surface area contributed by atoms with Gasteiger partial charge in [-0.25, -0.2) is 0 Å². The predicted molar refractivity (Wildman–Crippen MR) is 102 cm³/mol. The molecule has 2 aromatic heterocycles. The van der Waals surface area contributed by atoms with Crippen molar-refractivity contribution in [2.75, 3.05) is 5.32 Å². The van der Waals surface area contributed by atoms with Crippen molar-refractivity contribution < 1.29 is 14.4 Å². The molecule has 4 N–H and O–H groups in total. The number of amides is 3. The minimum absolute atomic E-state index is 0.290. The van der Waals surface area contributed by atoms with Gasteiger partial charge in [0.15, 0.2) is 0 Å². The largest absolute Gasteiger partial charge is 0.356 e. The van der Waals surface area contributed by atoms with Crippen molar-refractivity contribution in [3.8, 4) is 0 Å². The van der Waals surface area contributed by atoms with E-state index in [2.05, 4.69) is 42.1 Å². The first-order chi connectivity index (χ1) is 13.0. The molecule has 0 aliphatic rings. The lowest BCUT2D eigenvalue weighted by atomic mass is 10.2. The van der Waals surface area contributed by atoms with Gasteiger partial charge in [-0.15, -0.1) is 0 Å². The van der Waals surface area contributed by atoms with Crippen molar-refractivity contribution in [2.45, 2.75) is 0 Å². The average molecular weight is 428 g/mol. The Morgan fingerprint density at radius 3 is 2.30 bits per heavy atom. The molecular weight excluding hydrogens is 414 g/mol. The SMILES string of the molecule is O=C(NNC(=O)c1cc(Br)c[nH]1)c1ccc(NC(=O)c2ccccn2)cc1. The van der Waals surface area contributed by atoms with Gasteiger partial charge in [0, 0.05) is 28.1 Å². The van der Waals surface area contributed by atoms with Crippen molar-refractivity contribution in [3.63, 3.8) is 0 Å². The summed E-state index contributed by atoms with van der Waals surface area (Å²) in [7, 11) is 0. The van der Waals surface area contributed by atoms with Crippen LogP contribution >= 0.6 is 15.9 Å². The number of carbonyl (C=O) groups excluding carboxylic acids is 3. The molecule has 0 saturated carbocycles. The highest BCUT2D eigenvalue weighted by Crippen LogP contribution is 2.11. The summed E-state index contributed by atoms with van der Waals surface area (Å²) in [4.78, 5) is 42.7. The van der Waals surface area contributed by atoms with Crippen molar-refractivity contribution in [1.82, 2.24) is 20.8 Å². The number of nitrogens with zero attached hydrogens (tertiary/aromatic N) is 1. The van der Waals surface area contributed by atoms with E-state index in [-0.39, 0.29) is 11.6 Å². The second-order valence-corrected chi connectivity index (χ2v) is 6.30. The van der Waals surface area contributed by atoms with Gasteiger partial charge < -0.3 is 10.3 Å². The maximum absolute atomic E-state index is 12.1. The van der Waals surface area contributed by atoms with Crippen molar-refractivity contribution in [1.29, 1.82) is 0 Å². The standard InChI is InChI=1S/C18H14BrN5O3/c19-12-9-15(21-10-12)18(27)24-23-16(25)11-4-6-13(7-5-11)22-17(26)14-3-1-2-8-20-14/h1-10,21H,(H,22,26)(H,23,25)(H,24,27). The molecule has 0 bridgehead atoms. The van der Waals surface area contributed by atoms with E-state index in [0.29, 0.717) is 16.9 Å². The molecule has 0 fully saturated rings. The molecule has 136 valence electrons. The molecule has 0 spiro atoms. The molecule has 2 heterocycles. The first kappa shape index (κ1) is 18.3. The van der Waals surface area contributed by atoms with E-state index in [1.165, 1.54) is 18.3 Å². The zero-order valence-electron chi connectivity index (χ0n) is 13.8. The third-order valence-corrected chi connectivity index (χ3v) is 3.94. The summed E-state index contributed by atoms with van der Waals surface area (Å²) >= 11 is 3.22. The minimum Gasteiger partial charge on any atom is -0.356 e. The number of hydrogen-bond acceptors (Lipinski definition) is 4. The van der Waals surface area contributed by atoms with Gasteiger partial charge in [0.25, 0.3) is 17.7 Å². The summed E-state index contributed by atoms with van der Waals surface area (Å²) in [5, 5.41) is 2.69. The van der Waals surface area contributed by atoms with Gasteiger partial charge in [0.05, 0.1) is 0 Å². The van der Waals surface area contributed by atoms with Gasteiger partial charge >= 0.3 is 0 Å². The molecule has 0 aliphatic carbocycles. The lowest BCUT2D eigenvalue weighted by Crippen LogP contribution is -2.41. The smallest absolute Gasteiger partial charge is 0.286 e. The first-order valence-electron chi connectivity index (χ1n) is 7.80. The number of carbonyl (C=O) groups is 3. The van der Waals surface area contributed by atoms with Crippen molar-refractivity contribution >= 4 is 39.3 Å². The van der Waals surface area contributed by atoms with E-state index >= 15 is 0 Å². The summed E-state index contributed by atoms with van der Waals surface area (Å²) in [6.45, 7) is 0. The molecule has 3 aromatic rings. The van der Waals surface area contributed by atoms with E-state index in [1.54, 1.807) is 42.6 Å². The highest BCUT2D eigenvalue weighted by atomic mass is 79.9. The Kier molecular flexibility index (Phi) is 5.62. The van der Waals surface area contributed by atoms with Crippen LogP contribution in [0.3, 0.4) is 0 Å². The number of hydrogen-bond donors (Lipinski definition) is 4. The summed E-state index contributed by atoms with van der Waals surface area (Å²) in [5.41, 5.74) is 6.06. The Morgan fingerprint density at radius 1 is 0.926 bits per heavy atom. The van der Waals surface area contributed by atoms with Crippen LogP contribution in [0.4, 0.5) is 5.69 Å². The summed E-state index contributed by atoms with van der Waals surface area (Å²) in [6.07, 6.45) is 3.14. The fraction of sp³-hybridized carbons (Fsp3) is 0. The molecule has 9 heteroatoms. The Labute approximate surface area is 162 Å². The molecule has 0 aliphatic heterocycles. The van der Waals surface area contributed by atoms with E-state index < -0.39 is 11.8 Å². The highest BCUT2D eigenvalue weighted by Gasteiger charge is 2.11. The number of benzene rings is 1. The van der Waals surface area contributed by atoms with E-state index in [4.69, 9.17) is 0 Å². The molecule has 3 rings (SSSR count). The first-order valence-corrected chi connectivity index (χ1v) is 8.59. The highest BCUT2D eigenvalue weighted by molar-refractivity contribution is 9.10. The van der Waals surface area contributed by atoms with Crippen LogP contribution in [0.2, 0.25) is 0 Å². The molecule has 0 atom stereocenters. The second-order valence-electron chi connectivity index (χ2n) is 5.39. The van der Waals surface area contributed by atoms with Gasteiger partial charge in [-0.3, -0.25) is 30.2 Å². The van der Waals surface area contributed by atoms with Gasteiger partial charge in [-0.1, -0.05) is 6.07 Å². The summed E-state index contributed by atoms with van der Waals surface area (Å²) in [6, 6.07) is 12.8. The lowest BCUT2D eigenvalue weighted by molar-refractivity contribution is 0.0844. The Bertz CT molecular complexity index is 970. The van der Waals surface area contributed by atoms with Crippen LogP contribution in [0.1, 0.15) is 31.3 Å². The van der Waals surface area contributed by atoms with E-state index in [1.807, 2.05) is 0 Å². The monoisotopic (exact) mass is 427 g/mol. The fourth-order valence-corrected chi connectivity index (χ4v) is 2.49. The molecular formula is C18H14BrN5O3. The van der Waals surface area contributed by atoms with Crippen LogP contribution in [0.5, 0.6) is 0 Å².